The quantitative estimate of drug-likeness (QED) is 0.178. The molecule has 0 saturated heterocycles. The zero-order valence-electron chi connectivity index (χ0n) is 21.0. The van der Waals surface area contributed by atoms with Gasteiger partial charge in [-0.25, -0.2) is 8.78 Å². The summed E-state index contributed by atoms with van der Waals surface area (Å²) < 4.78 is 33.4. The summed E-state index contributed by atoms with van der Waals surface area (Å²) in [5.41, 5.74) is 1.68. The topological polar surface area (TPSA) is 55.4 Å². The predicted octanol–water partition coefficient (Wildman–Crippen LogP) is 6.34. The number of rotatable bonds is 15. The van der Waals surface area contributed by atoms with Gasteiger partial charge in [-0.1, -0.05) is 33.4 Å². The summed E-state index contributed by atoms with van der Waals surface area (Å²) in [6, 6.07) is -0.630. The third-order valence-corrected chi connectivity index (χ3v) is 5.41. The van der Waals surface area contributed by atoms with E-state index in [4.69, 9.17) is 4.74 Å². The van der Waals surface area contributed by atoms with Crippen LogP contribution in [0.15, 0.2) is 46.7 Å². The molecule has 0 radical (unpaired) electrons. The van der Waals surface area contributed by atoms with E-state index in [0.717, 1.165) is 19.8 Å². The summed E-state index contributed by atoms with van der Waals surface area (Å²) in [7, 11) is 0. The lowest BCUT2D eigenvalue weighted by atomic mass is 9.94. The minimum atomic E-state index is -3.02. The number of nitrogens with one attached hydrogen (secondary N) is 1. The standard InChI is InChI=1S/C26H41F2NO3/c1-10-15-32-16-14-22(19(6)21(8)30)25(31)20(7)29-24(18(5)11-2)13-12-23(17(3)4)26(9,27)28/h12-13,18,20,29H,3,10-11,14-16H2,1-2,4-9H3/b22-19-,23-12+,24-13+. The van der Waals surface area contributed by atoms with Gasteiger partial charge in [0.1, 0.15) is 0 Å². The normalized spacial score (nSPS) is 15.7. The van der Waals surface area contributed by atoms with Gasteiger partial charge in [-0.15, -0.1) is 0 Å². The van der Waals surface area contributed by atoms with Gasteiger partial charge < -0.3 is 10.1 Å². The number of alkyl halides is 2. The molecular formula is C26H41F2NO3. The third kappa shape index (κ3) is 10.0. The molecule has 0 aliphatic carbocycles. The monoisotopic (exact) mass is 453 g/mol. The smallest absolute Gasteiger partial charge is 0.270 e. The van der Waals surface area contributed by atoms with Crippen molar-refractivity contribution in [1.29, 1.82) is 0 Å². The highest BCUT2D eigenvalue weighted by atomic mass is 19.3. The molecule has 0 saturated carbocycles. The lowest BCUT2D eigenvalue weighted by Crippen LogP contribution is -2.37. The molecule has 0 spiro atoms. The van der Waals surface area contributed by atoms with Crippen LogP contribution in [-0.2, 0) is 14.3 Å². The summed E-state index contributed by atoms with van der Waals surface area (Å²) in [5.74, 6) is -3.35. The number of halogens is 2. The molecule has 0 heterocycles. The van der Waals surface area contributed by atoms with Gasteiger partial charge in [-0.05, 0) is 70.1 Å². The molecule has 0 aliphatic heterocycles. The van der Waals surface area contributed by atoms with Crippen LogP contribution in [0.5, 0.6) is 0 Å². The zero-order valence-corrected chi connectivity index (χ0v) is 21.0. The van der Waals surface area contributed by atoms with Gasteiger partial charge in [0.2, 0.25) is 0 Å². The van der Waals surface area contributed by atoms with E-state index in [1.807, 2.05) is 20.8 Å². The van der Waals surface area contributed by atoms with Crippen molar-refractivity contribution in [2.24, 2.45) is 5.92 Å². The molecule has 0 amide bonds. The Morgan fingerprint density at radius 2 is 1.69 bits per heavy atom. The number of ketones is 2. The van der Waals surface area contributed by atoms with Gasteiger partial charge in [-0.3, -0.25) is 9.59 Å². The number of hydrogen-bond acceptors (Lipinski definition) is 4. The second-order valence-corrected chi connectivity index (χ2v) is 8.43. The first-order valence-corrected chi connectivity index (χ1v) is 11.3. The molecule has 2 unspecified atom stereocenters. The van der Waals surface area contributed by atoms with Gasteiger partial charge in [0.15, 0.2) is 11.6 Å². The Labute approximate surface area is 192 Å². The maximum Gasteiger partial charge on any atom is 0.270 e. The first-order valence-electron chi connectivity index (χ1n) is 11.3. The Morgan fingerprint density at radius 3 is 2.12 bits per heavy atom. The molecule has 0 rings (SSSR count). The average Bonchev–Trinajstić information content (AvgIpc) is 2.70. The number of ether oxygens (including phenoxy) is 1. The Kier molecular flexibility index (Phi) is 13.2. The van der Waals surface area contributed by atoms with Crippen LogP contribution in [0.2, 0.25) is 0 Å². The lowest BCUT2D eigenvalue weighted by molar-refractivity contribution is -0.118. The van der Waals surface area contributed by atoms with E-state index >= 15 is 0 Å². The van der Waals surface area contributed by atoms with Gasteiger partial charge in [0.05, 0.1) is 12.6 Å². The summed E-state index contributed by atoms with van der Waals surface area (Å²) in [6.45, 7) is 17.7. The second kappa shape index (κ2) is 14.1. The average molecular weight is 454 g/mol. The molecule has 1 N–H and O–H groups in total. The van der Waals surface area contributed by atoms with Crippen LogP contribution in [0.3, 0.4) is 0 Å². The summed E-state index contributed by atoms with van der Waals surface area (Å²) in [4.78, 5) is 25.1. The highest BCUT2D eigenvalue weighted by Crippen LogP contribution is 2.29. The fourth-order valence-electron chi connectivity index (χ4n) is 3.12. The van der Waals surface area contributed by atoms with Crippen LogP contribution in [0.25, 0.3) is 0 Å². The van der Waals surface area contributed by atoms with Gasteiger partial charge in [0, 0.05) is 30.4 Å². The third-order valence-electron chi connectivity index (χ3n) is 5.41. The second-order valence-electron chi connectivity index (χ2n) is 8.43. The van der Waals surface area contributed by atoms with E-state index in [0.29, 0.717) is 36.5 Å². The fraction of sp³-hybridized carbons (Fsp3) is 0.615. The molecule has 0 aliphatic rings. The Bertz CT molecular complexity index is 758. The van der Waals surface area contributed by atoms with Crippen LogP contribution in [0, 0.1) is 5.92 Å². The van der Waals surface area contributed by atoms with Crippen molar-refractivity contribution >= 4 is 11.6 Å². The Balaban J connectivity index is 5.90. The van der Waals surface area contributed by atoms with E-state index in [9.17, 15) is 18.4 Å². The molecule has 0 aromatic rings. The Hall–Kier alpha value is -2.08. The maximum absolute atomic E-state index is 13.9. The van der Waals surface area contributed by atoms with Crippen molar-refractivity contribution < 1.29 is 23.1 Å². The predicted molar refractivity (Wildman–Crippen MR) is 128 cm³/mol. The summed E-state index contributed by atoms with van der Waals surface area (Å²) >= 11 is 0. The molecule has 182 valence electrons. The highest BCUT2D eigenvalue weighted by molar-refractivity contribution is 6.07. The van der Waals surface area contributed by atoms with Crippen LogP contribution >= 0.6 is 0 Å². The first-order chi connectivity index (χ1) is 14.8. The molecule has 0 aromatic heterocycles. The molecule has 0 aromatic carbocycles. The van der Waals surface area contributed by atoms with Crippen molar-refractivity contribution in [2.75, 3.05) is 13.2 Å². The molecule has 6 heteroatoms. The van der Waals surface area contributed by atoms with Crippen molar-refractivity contribution in [3.05, 3.63) is 46.7 Å². The van der Waals surface area contributed by atoms with E-state index in [-0.39, 0.29) is 28.6 Å². The number of allylic oxidation sites excluding steroid dienone is 6. The minimum absolute atomic E-state index is 0.0209. The van der Waals surface area contributed by atoms with Gasteiger partial charge in [-0.2, -0.15) is 0 Å². The highest BCUT2D eigenvalue weighted by Gasteiger charge is 2.28. The maximum atomic E-state index is 13.9. The molecule has 0 fully saturated rings. The number of hydrogen-bond donors (Lipinski definition) is 1. The van der Waals surface area contributed by atoms with Crippen LogP contribution < -0.4 is 5.32 Å². The molecule has 2 atom stereocenters. The van der Waals surface area contributed by atoms with Gasteiger partial charge in [0.25, 0.3) is 5.92 Å². The van der Waals surface area contributed by atoms with Crippen LogP contribution in [0.1, 0.15) is 74.7 Å². The first kappa shape index (κ1) is 29.9. The van der Waals surface area contributed by atoms with Crippen molar-refractivity contribution in [3.8, 4) is 0 Å². The zero-order chi connectivity index (χ0) is 25.1. The van der Waals surface area contributed by atoms with Crippen molar-refractivity contribution in [3.63, 3.8) is 0 Å². The largest absolute Gasteiger partial charge is 0.381 e. The van der Waals surface area contributed by atoms with Crippen molar-refractivity contribution in [2.45, 2.75) is 86.6 Å². The van der Waals surface area contributed by atoms with E-state index in [2.05, 4.69) is 11.9 Å². The Morgan fingerprint density at radius 1 is 1.09 bits per heavy atom. The van der Waals surface area contributed by atoms with Crippen LogP contribution in [-0.4, -0.2) is 36.7 Å². The number of carbonyl (C=O) groups is 2. The lowest BCUT2D eigenvalue weighted by Gasteiger charge is -2.23. The van der Waals surface area contributed by atoms with E-state index in [1.54, 1.807) is 26.8 Å². The number of Topliss-reactive ketones (excluding diaryl/α,β-unsaturated/α-hetero) is 2. The molecule has 4 nitrogen and oxygen atoms in total. The number of carbonyl (C=O) groups excluding carboxylic acids is 2. The fourth-order valence-corrected chi connectivity index (χ4v) is 3.12. The minimum Gasteiger partial charge on any atom is -0.381 e. The van der Waals surface area contributed by atoms with E-state index in [1.165, 1.54) is 13.0 Å². The van der Waals surface area contributed by atoms with E-state index < -0.39 is 12.0 Å². The van der Waals surface area contributed by atoms with Crippen molar-refractivity contribution in [1.82, 2.24) is 5.32 Å². The van der Waals surface area contributed by atoms with Gasteiger partial charge >= 0.3 is 0 Å². The summed E-state index contributed by atoms with van der Waals surface area (Å²) in [5, 5.41) is 3.20. The molecule has 32 heavy (non-hydrogen) atoms. The molecular weight excluding hydrogens is 412 g/mol. The SMILES string of the molecule is C=C(C)/C(=C\C=C(\NC(C)C(=O)/C(CCOCCC)=C(/C)C(C)=O)C(C)CC)C(C)(F)F. The molecule has 0 bridgehead atoms. The van der Waals surface area contributed by atoms with Crippen LogP contribution in [0.4, 0.5) is 8.78 Å². The summed E-state index contributed by atoms with van der Waals surface area (Å²) in [6.07, 6.45) is 4.95.